The minimum Gasteiger partial charge on any atom is -0.321 e. The summed E-state index contributed by atoms with van der Waals surface area (Å²) in [7, 11) is 0. The topological polar surface area (TPSA) is 96.0 Å². The number of anilines is 3. The van der Waals surface area contributed by atoms with Crippen molar-refractivity contribution in [3.63, 3.8) is 0 Å². The van der Waals surface area contributed by atoms with Crippen LogP contribution in [0.5, 0.6) is 0 Å². The van der Waals surface area contributed by atoms with Crippen LogP contribution in [0.4, 0.5) is 21.3 Å². The molecule has 0 radical (unpaired) electrons. The molecular weight excluding hydrogens is 434 g/mol. The SMILES string of the molecule is Cc1cc(C)c(NC(=O)c2sc(NC(=O)Nc3cc(C)nc4ccccc34)nc2C)c(C)c1. The maximum atomic E-state index is 12.9. The van der Waals surface area contributed by atoms with Gasteiger partial charge in [-0.05, 0) is 57.9 Å². The average Bonchev–Trinajstić information content (AvgIpc) is 3.10. The summed E-state index contributed by atoms with van der Waals surface area (Å²) < 4.78 is 0. The zero-order valence-corrected chi connectivity index (χ0v) is 20.0. The maximum absolute atomic E-state index is 12.9. The molecule has 8 heteroatoms. The van der Waals surface area contributed by atoms with Gasteiger partial charge < -0.3 is 10.6 Å². The van der Waals surface area contributed by atoms with Crippen LogP contribution in [-0.4, -0.2) is 21.9 Å². The lowest BCUT2D eigenvalue weighted by Crippen LogP contribution is -2.19. The van der Waals surface area contributed by atoms with Crippen LogP contribution in [0.3, 0.4) is 0 Å². The number of thiazole rings is 1. The summed E-state index contributed by atoms with van der Waals surface area (Å²) in [5.41, 5.74) is 6.76. The highest BCUT2D eigenvalue weighted by atomic mass is 32.1. The van der Waals surface area contributed by atoms with E-state index in [-0.39, 0.29) is 5.91 Å². The highest BCUT2D eigenvalue weighted by Gasteiger charge is 2.19. The number of pyridine rings is 1. The molecule has 0 atom stereocenters. The number of para-hydroxylation sites is 1. The van der Waals surface area contributed by atoms with Gasteiger partial charge in [-0.25, -0.2) is 9.78 Å². The summed E-state index contributed by atoms with van der Waals surface area (Å²) >= 11 is 1.14. The molecule has 7 nitrogen and oxygen atoms in total. The zero-order valence-electron chi connectivity index (χ0n) is 19.2. The lowest BCUT2D eigenvalue weighted by atomic mass is 10.1. The van der Waals surface area contributed by atoms with Crippen molar-refractivity contribution >= 4 is 50.7 Å². The normalized spacial score (nSPS) is 10.8. The highest BCUT2D eigenvalue weighted by molar-refractivity contribution is 7.17. The van der Waals surface area contributed by atoms with Crippen LogP contribution in [0.25, 0.3) is 10.9 Å². The van der Waals surface area contributed by atoms with E-state index in [1.54, 1.807) is 6.92 Å². The predicted molar refractivity (Wildman–Crippen MR) is 135 cm³/mol. The van der Waals surface area contributed by atoms with E-state index in [0.717, 1.165) is 50.3 Å². The van der Waals surface area contributed by atoms with Crippen molar-refractivity contribution in [3.8, 4) is 0 Å². The van der Waals surface area contributed by atoms with Gasteiger partial charge in [0, 0.05) is 16.8 Å². The minimum absolute atomic E-state index is 0.246. The van der Waals surface area contributed by atoms with Crippen molar-refractivity contribution < 1.29 is 9.59 Å². The molecule has 4 aromatic rings. The Kier molecular flexibility index (Phi) is 6.11. The maximum Gasteiger partial charge on any atom is 0.325 e. The number of amides is 3. The van der Waals surface area contributed by atoms with Gasteiger partial charge in [-0.1, -0.05) is 47.2 Å². The molecule has 2 aromatic heterocycles. The average molecular weight is 460 g/mol. The summed E-state index contributed by atoms with van der Waals surface area (Å²) in [6, 6.07) is 13.1. The second kappa shape index (κ2) is 8.99. The first-order valence-corrected chi connectivity index (χ1v) is 11.3. The molecule has 0 aliphatic rings. The number of carbonyl (C=O) groups is 2. The first-order chi connectivity index (χ1) is 15.7. The van der Waals surface area contributed by atoms with Crippen LogP contribution in [-0.2, 0) is 0 Å². The number of nitrogens with zero attached hydrogens (tertiary/aromatic N) is 2. The third-order valence-electron chi connectivity index (χ3n) is 5.23. The van der Waals surface area contributed by atoms with Gasteiger partial charge in [-0.3, -0.25) is 15.1 Å². The number of fused-ring (bicyclic) bond motifs is 1. The molecule has 168 valence electrons. The molecule has 2 heterocycles. The number of hydrogen-bond donors (Lipinski definition) is 3. The van der Waals surface area contributed by atoms with Crippen molar-refractivity contribution in [1.29, 1.82) is 0 Å². The Bertz CT molecular complexity index is 1370. The number of urea groups is 1. The summed E-state index contributed by atoms with van der Waals surface area (Å²) in [6.45, 7) is 9.59. The van der Waals surface area contributed by atoms with E-state index in [4.69, 9.17) is 0 Å². The van der Waals surface area contributed by atoms with Crippen molar-refractivity contribution in [2.24, 2.45) is 0 Å². The number of hydrogen-bond acceptors (Lipinski definition) is 5. The fourth-order valence-electron chi connectivity index (χ4n) is 3.87. The highest BCUT2D eigenvalue weighted by Crippen LogP contribution is 2.28. The molecule has 0 saturated heterocycles. The third kappa shape index (κ3) is 4.85. The molecule has 2 aromatic carbocycles. The summed E-state index contributed by atoms with van der Waals surface area (Å²) in [5, 5.41) is 9.80. The molecule has 0 aliphatic carbocycles. The van der Waals surface area contributed by atoms with E-state index in [9.17, 15) is 9.59 Å². The Labute approximate surface area is 196 Å². The van der Waals surface area contributed by atoms with Gasteiger partial charge in [-0.2, -0.15) is 0 Å². The Hall–Kier alpha value is -3.78. The molecule has 0 aliphatic heterocycles. The number of rotatable bonds is 4. The first kappa shape index (κ1) is 22.4. The Morgan fingerprint density at radius 2 is 1.55 bits per heavy atom. The number of nitrogens with one attached hydrogen (secondary N) is 3. The van der Waals surface area contributed by atoms with Gasteiger partial charge in [0.2, 0.25) is 0 Å². The molecule has 0 fully saturated rings. The molecule has 3 amide bonds. The van der Waals surface area contributed by atoms with Gasteiger partial charge in [0.05, 0.1) is 16.9 Å². The van der Waals surface area contributed by atoms with Gasteiger partial charge in [-0.15, -0.1) is 0 Å². The molecule has 0 saturated carbocycles. The van der Waals surface area contributed by atoms with E-state index >= 15 is 0 Å². The minimum atomic E-state index is -0.434. The molecular formula is C25H25N5O2S. The smallest absolute Gasteiger partial charge is 0.321 e. The molecule has 33 heavy (non-hydrogen) atoms. The fraction of sp³-hybridized carbons (Fsp3) is 0.200. The molecule has 3 N–H and O–H groups in total. The van der Waals surface area contributed by atoms with Crippen molar-refractivity contribution in [2.75, 3.05) is 16.0 Å². The second-order valence-corrected chi connectivity index (χ2v) is 9.07. The summed E-state index contributed by atoms with van der Waals surface area (Å²) in [4.78, 5) is 34.9. The Balaban J connectivity index is 1.50. The van der Waals surface area contributed by atoms with E-state index in [1.807, 2.05) is 70.2 Å². The van der Waals surface area contributed by atoms with Crippen molar-refractivity contribution in [2.45, 2.75) is 34.6 Å². The summed E-state index contributed by atoms with van der Waals surface area (Å²) in [6.07, 6.45) is 0. The molecule has 0 unspecified atom stereocenters. The van der Waals surface area contributed by atoms with Crippen molar-refractivity contribution in [3.05, 3.63) is 75.4 Å². The number of aryl methyl sites for hydroxylation is 5. The monoisotopic (exact) mass is 459 g/mol. The van der Waals surface area contributed by atoms with Crippen LogP contribution in [0.1, 0.15) is 37.7 Å². The number of aromatic nitrogens is 2. The third-order valence-corrected chi connectivity index (χ3v) is 6.30. The lowest BCUT2D eigenvalue weighted by Gasteiger charge is -2.12. The number of benzene rings is 2. The Morgan fingerprint density at radius 3 is 2.27 bits per heavy atom. The first-order valence-electron chi connectivity index (χ1n) is 10.5. The molecule has 0 bridgehead atoms. The lowest BCUT2D eigenvalue weighted by molar-refractivity contribution is 0.102. The predicted octanol–water partition coefficient (Wildman–Crippen LogP) is 6.13. The molecule has 4 rings (SSSR count). The second-order valence-electron chi connectivity index (χ2n) is 8.07. The molecule has 0 spiro atoms. The van der Waals surface area contributed by atoms with Crippen molar-refractivity contribution in [1.82, 2.24) is 9.97 Å². The fourth-order valence-corrected chi connectivity index (χ4v) is 4.73. The number of carbonyl (C=O) groups excluding carboxylic acids is 2. The zero-order chi connectivity index (χ0) is 23.7. The van der Waals surface area contributed by atoms with Crippen LogP contribution in [0.2, 0.25) is 0 Å². The van der Waals surface area contributed by atoms with Crippen LogP contribution in [0, 0.1) is 34.6 Å². The largest absolute Gasteiger partial charge is 0.325 e. The van der Waals surface area contributed by atoms with Gasteiger partial charge >= 0.3 is 6.03 Å². The van der Waals surface area contributed by atoms with Gasteiger partial charge in [0.1, 0.15) is 4.88 Å². The summed E-state index contributed by atoms with van der Waals surface area (Å²) in [5.74, 6) is -0.246. The van der Waals surface area contributed by atoms with E-state index in [0.29, 0.717) is 21.4 Å². The van der Waals surface area contributed by atoms with Crippen LogP contribution in [0.15, 0.2) is 42.5 Å². The quantitative estimate of drug-likeness (QED) is 0.342. The van der Waals surface area contributed by atoms with E-state index in [2.05, 4.69) is 25.9 Å². The van der Waals surface area contributed by atoms with Crippen LogP contribution < -0.4 is 16.0 Å². The Morgan fingerprint density at radius 1 is 0.848 bits per heavy atom. The van der Waals surface area contributed by atoms with E-state index in [1.165, 1.54) is 0 Å². The standard InChI is InChI=1S/C25H25N5O2S/c1-13-10-14(2)21(15(3)11-13)29-23(31)22-17(5)27-25(33-22)30-24(32)28-20-12-16(4)26-19-9-7-6-8-18(19)20/h6-12H,1-5H3,(H,29,31)(H2,26,27,28,30,32). The van der Waals surface area contributed by atoms with Gasteiger partial charge in [0.15, 0.2) is 5.13 Å². The van der Waals surface area contributed by atoms with Crippen LogP contribution >= 0.6 is 11.3 Å². The van der Waals surface area contributed by atoms with Gasteiger partial charge in [0.25, 0.3) is 5.91 Å². The van der Waals surface area contributed by atoms with E-state index < -0.39 is 6.03 Å².